The average Bonchev–Trinajstić information content (AvgIpc) is 2.53. The Kier molecular flexibility index (Phi) is 8.95. The van der Waals surface area contributed by atoms with E-state index in [9.17, 15) is 9.59 Å². The summed E-state index contributed by atoms with van der Waals surface area (Å²) in [5.41, 5.74) is 0.717. The molecule has 0 aliphatic carbocycles. The summed E-state index contributed by atoms with van der Waals surface area (Å²) >= 11 is 3.94. The predicted molar refractivity (Wildman–Crippen MR) is 106 cm³/mol. The summed E-state index contributed by atoms with van der Waals surface area (Å²) in [5, 5.41) is 5.56. The number of halogens is 2. The number of carbonyl (C=O) groups is 2. The molecule has 23 heavy (non-hydrogen) atoms. The maximum Gasteiger partial charge on any atom is 0.231 e. The third-order valence-electron chi connectivity index (χ3n) is 2.74. The summed E-state index contributed by atoms with van der Waals surface area (Å²) in [6.45, 7) is 3.86. The van der Waals surface area contributed by atoms with Crippen molar-refractivity contribution in [2.45, 2.75) is 26.1 Å². The number of benzene rings is 1. The number of hydrogen-bond acceptors (Lipinski definition) is 4. The van der Waals surface area contributed by atoms with E-state index < -0.39 is 6.17 Å². The Labute approximate surface area is 163 Å². The number of alkyl halides is 2. The molecule has 0 spiro atoms. The van der Waals surface area contributed by atoms with E-state index in [1.165, 1.54) is 0 Å². The van der Waals surface area contributed by atoms with Crippen molar-refractivity contribution >= 4 is 57.0 Å². The van der Waals surface area contributed by atoms with Gasteiger partial charge >= 0.3 is 0 Å². The number of amides is 2. The van der Waals surface area contributed by atoms with Crippen LogP contribution in [-0.4, -0.2) is 33.9 Å². The van der Waals surface area contributed by atoms with Crippen molar-refractivity contribution < 1.29 is 19.1 Å². The molecule has 1 aromatic carbocycles. The van der Waals surface area contributed by atoms with Crippen molar-refractivity contribution in [3.8, 4) is 11.5 Å². The molecule has 0 bridgehead atoms. The van der Waals surface area contributed by atoms with Crippen LogP contribution in [0, 0.1) is 0 Å². The summed E-state index contributed by atoms with van der Waals surface area (Å²) < 4.78 is 11.6. The van der Waals surface area contributed by atoms with Crippen LogP contribution < -0.4 is 20.1 Å². The van der Waals surface area contributed by atoms with Crippen LogP contribution in [0.25, 0.3) is 0 Å². The van der Waals surface area contributed by atoms with Crippen LogP contribution >= 0.6 is 45.2 Å². The smallest absolute Gasteiger partial charge is 0.231 e. The molecule has 2 N–H and O–H groups in total. The molecule has 2 amide bonds. The van der Waals surface area contributed by atoms with Gasteiger partial charge in [-0.05, 0) is 31.5 Å². The van der Waals surface area contributed by atoms with E-state index in [0.29, 0.717) is 25.9 Å². The monoisotopic (exact) mass is 546 g/mol. The van der Waals surface area contributed by atoms with Crippen molar-refractivity contribution in [1.29, 1.82) is 0 Å². The van der Waals surface area contributed by atoms with Crippen LogP contribution in [-0.2, 0) is 9.59 Å². The highest BCUT2D eigenvalue weighted by Crippen LogP contribution is 2.30. The molecule has 128 valence electrons. The molecule has 0 heterocycles. The Hall–Kier alpha value is -0.780. The number of rotatable bonds is 8. The fourth-order valence-electron chi connectivity index (χ4n) is 1.82. The van der Waals surface area contributed by atoms with Crippen molar-refractivity contribution in [3.05, 3.63) is 23.8 Å². The van der Waals surface area contributed by atoms with Crippen molar-refractivity contribution in [2.75, 3.05) is 16.0 Å². The van der Waals surface area contributed by atoms with Gasteiger partial charge in [-0.2, -0.15) is 0 Å². The lowest BCUT2D eigenvalue weighted by Gasteiger charge is -2.22. The molecule has 0 saturated heterocycles. The predicted octanol–water partition coefficient (Wildman–Crippen LogP) is 2.58. The molecule has 0 unspecified atom stereocenters. The Morgan fingerprint density at radius 1 is 1.09 bits per heavy atom. The highest BCUT2D eigenvalue weighted by Gasteiger charge is 2.18. The Bertz CT molecular complexity index is 534. The van der Waals surface area contributed by atoms with Crippen LogP contribution in [0.4, 0.5) is 0 Å². The Morgan fingerprint density at radius 3 is 2.09 bits per heavy atom. The molecule has 6 nitrogen and oxygen atoms in total. The molecular weight excluding hydrogens is 526 g/mol. The Morgan fingerprint density at radius 2 is 1.65 bits per heavy atom. The SMILES string of the molecule is COc1cc(C(NC(=O)CI)NC(=O)CI)ccc1OC(C)C. The molecule has 0 aliphatic rings. The average molecular weight is 546 g/mol. The van der Waals surface area contributed by atoms with Crippen molar-refractivity contribution in [2.24, 2.45) is 0 Å². The summed E-state index contributed by atoms with van der Waals surface area (Å²) in [6, 6.07) is 5.32. The molecule has 1 aromatic rings. The normalized spacial score (nSPS) is 10.6. The van der Waals surface area contributed by atoms with Gasteiger partial charge in [0.15, 0.2) is 11.5 Å². The maximum absolute atomic E-state index is 11.7. The number of methoxy groups -OCH3 is 1. The molecule has 0 atom stereocenters. The quantitative estimate of drug-likeness (QED) is 0.299. The van der Waals surface area contributed by atoms with E-state index in [2.05, 4.69) is 10.6 Å². The lowest BCUT2D eigenvalue weighted by atomic mass is 10.1. The fraction of sp³-hybridized carbons (Fsp3) is 0.467. The van der Waals surface area contributed by atoms with Crippen molar-refractivity contribution in [1.82, 2.24) is 10.6 Å². The van der Waals surface area contributed by atoms with E-state index in [4.69, 9.17) is 9.47 Å². The molecule has 0 radical (unpaired) electrons. The molecule has 0 fully saturated rings. The summed E-state index contributed by atoms with van der Waals surface area (Å²) in [7, 11) is 1.55. The van der Waals surface area contributed by atoms with Gasteiger partial charge in [-0.25, -0.2) is 0 Å². The van der Waals surface area contributed by atoms with Crippen LogP contribution in [0.3, 0.4) is 0 Å². The standard InChI is InChI=1S/C15H20I2N2O4/c1-9(2)23-11-5-4-10(6-12(11)22-3)15(18-13(20)7-16)19-14(21)8-17/h4-6,9,15H,7-8H2,1-3H3,(H,18,20)(H,19,21). The first-order chi connectivity index (χ1) is 10.9. The molecule has 0 aromatic heterocycles. The third-order valence-corrected chi connectivity index (χ3v) is 4.12. The number of hydrogen-bond donors (Lipinski definition) is 2. The highest BCUT2D eigenvalue weighted by atomic mass is 127. The van der Waals surface area contributed by atoms with E-state index >= 15 is 0 Å². The minimum atomic E-state index is -0.610. The third kappa shape index (κ3) is 6.69. The van der Waals surface area contributed by atoms with E-state index in [0.717, 1.165) is 0 Å². The van der Waals surface area contributed by atoms with Crippen molar-refractivity contribution in [3.63, 3.8) is 0 Å². The molecule has 0 saturated carbocycles. The van der Waals surface area contributed by atoms with Gasteiger partial charge in [-0.1, -0.05) is 51.2 Å². The first-order valence-electron chi connectivity index (χ1n) is 6.96. The van der Waals surface area contributed by atoms with Gasteiger partial charge in [0.1, 0.15) is 6.17 Å². The topological polar surface area (TPSA) is 76.7 Å². The largest absolute Gasteiger partial charge is 0.493 e. The van der Waals surface area contributed by atoms with Crippen LogP contribution in [0.15, 0.2) is 18.2 Å². The van der Waals surface area contributed by atoms with Gasteiger partial charge in [0.25, 0.3) is 0 Å². The second kappa shape index (κ2) is 10.2. The minimum absolute atomic E-state index is 0.0167. The summed E-state index contributed by atoms with van der Waals surface area (Å²) in [4.78, 5) is 23.4. The number of nitrogens with one attached hydrogen (secondary N) is 2. The summed E-state index contributed by atoms with van der Waals surface area (Å²) in [5.74, 6) is 0.843. The van der Waals surface area contributed by atoms with Gasteiger partial charge in [0, 0.05) is 0 Å². The zero-order valence-corrected chi connectivity index (χ0v) is 17.5. The Balaban J connectivity index is 3.08. The van der Waals surface area contributed by atoms with Gasteiger partial charge in [-0.15, -0.1) is 0 Å². The lowest BCUT2D eigenvalue weighted by Crippen LogP contribution is -2.41. The lowest BCUT2D eigenvalue weighted by molar-refractivity contribution is -0.121. The van der Waals surface area contributed by atoms with Gasteiger partial charge in [0.05, 0.1) is 22.1 Å². The zero-order valence-electron chi connectivity index (χ0n) is 13.2. The second-order valence-corrected chi connectivity index (χ2v) is 6.44. The summed E-state index contributed by atoms with van der Waals surface area (Å²) in [6.07, 6.45) is -0.593. The molecular formula is C15H20I2N2O4. The van der Waals surface area contributed by atoms with Crippen LogP contribution in [0.2, 0.25) is 0 Å². The number of carbonyl (C=O) groups excluding carboxylic acids is 2. The van der Waals surface area contributed by atoms with E-state index in [1.54, 1.807) is 25.3 Å². The highest BCUT2D eigenvalue weighted by molar-refractivity contribution is 14.1. The fourth-order valence-corrected chi connectivity index (χ4v) is 2.26. The molecule has 1 rings (SSSR count). The number of ether oxygens (including phenoxy) is 2. The molecule has 8 heteroatoms. The van der Waals surface area contributed by atoms with E-state index in [1.807, 2.05) is 59.0 Å². The zero-order chi connectivity index (χ0) is 17.4. The molecule has 0 aliphatic heterocycles. The van der Waals surface area contributed by atoms with Crippen LogP contribution in [0.1, 0.15) is 25.6 Å². The second-order valence-electron chi connectivity index (χ2n) is 4.91. The maximum atomic E-state index is 11.7. The first kappa shape index (κ1) is 20.3. The van der Waals surface area contributed by atoms with Gasteiger partial charge in [0.2, 0.25) is 11.8 Å². The van der Waals surface area contributed by atoms with Gasteiger partial charge in [-0.3, -0.25) is 9.59 Å². The van der Waals surface area contributed by atoms with Crippen LogP contribution in [0.5, 0.6) is 11.5 Å². The van der Waals surface area contributed by atoms with Gasteiger partial charge < -0.3 is 20.1 Å². The first-order valence-corrected chi connectivity index (χ1v) is 10.0. The van der Waals surface area contributed by atoms with E-state index in [-0.39, 0.29) is 17.9 Å². The minimum Gasteiger partial charge on any atom is -0.493 e.